The zero-order valence-corrected chi connectivity index (χ0v) is 25.2. The van der Waals surface area contributed by atoms with Gasteiger partial charge in [0.05, 0.1) is 6.61 Å². The number of allylic oxidation sites excluding steroid dienone is 8. The molecule has 0 spiro atoms. The highest BCUT2D eigenvalue weighted by molar-refractivity contribution is 7.47. The van der Waals surface area contributed by atoms with Crippen LogP contribution in [0.25, 0.3) is 0 Å². The van der Waals surface area contributed by atoms with Crippen LogP contribution in [0, 0.1) is 0 Å². The Balaban J connectivity index is 2.15. The fourth-order valence-electron chi connectivity index (χ4n) is 3.92. The number of phosphoric acid groups is 1. The first-order valence-corrected chi connectivity index (χ1v) is 16.0. The second kappa shape index (κ2) is 21.9. The maximum atomic E-state index is 12.1. The summed E-state index contributed by atoms with van der Waals surface area (Å²) in [5.41, 5.74) is 0. The van der Waals surface area contributed by atoms with Gasteiger partial charge in [-0.3, -0.25) is 13.8 Å². The number of hydrogen-bond donors (Lipinski definition) is 7. The molecule has 1 aliphatic rings. The lowest BCUT2D eigenvalue weighted by atomic mass is 9.85. The minimum atomic E-state index is -5.00. The molecule has 0 saturated heterocycles. The van der Waals surface area contributed by atoms with Crippen LogP contribution in [0.4, 0.5) is 0 Å². The molecular weight excluding hydrogens is 571 g/mol. The highest BCUT2D eigenvalue weighted by Crippen LogP contribution is 2.47. The van der Waals surface area contributed by atoms with Gasteiger partial charge >= 0.3 is 13.8 Å². The van der Waals surface area contributed by atoms with Crippen LogP contribution in [0.3, 0.4) is 0 Å². The van der Waals surface area contributed by atoms with E-state index in [1.807, 2.05) is 12.2 Å². The molecule has 242 valence electrons. The summed E-state index contributed by atoms with van der Waals surface area (Å²) < 4.78 is 26.3. The minimum Gasteiger partial charge on any atom is -0.463 e. The van der Waals surface area contributed by atoms with E-state index in [9.17, 15) is 44.9 Å². The van der Waals surface area contributed by atoms with Crippen molar-refractivity contribution in [2.75, 3.05) is 13.2 Å². The standard InChI is InChI=1S/C29H49O12P/c1-2-3-4-5-6-7-8-9-10-11-12-13-14-15-16-17-18-19-23(31)39-20-22(30)21-40-42(37,38)41-29-27(35)25(33)24(32)26(34)28(29)36/h6-7,9-10,12-13,15-16,22,24-30,32-36H,2-5,8,11,14,17-21H2,1H3,(H,37,38). The predicted octanol–water partition coefficient (Wildman–Crippen LogP) is 2.36. The number of aliphatic hydroxyl groups excluding tert-OH is 6. The third-order valence-electron chi connectivity index (χ3n) is 6.40. The van der Waals surface area contributed by atoms with E-state index in [-0.39, 0.29) is 6.42 Å². The third kappa shape index (κ3) is 16.2. The Labute approximate surface area is 248 Å². The monoisotopic (exact) mass is 620 g/mol. The van der Waals surface area contributed by atoms with E-state index in [1.165, 1.54) is 19.3 Å². The number of aliphatic hydroxyl groups is 6. The molecule has 7 N–H and O–H groups in total. The summed E-state index contributed by atoms with van der Waals surface area (Å²) in [5, 5.41) is 58.5. The predicted molar refractivity (Wildman–Crippen MR) is 156 cm³/mol. The van der Waals surface area contributed by atoms with E-state index < -0.39 is 69.7 Å². The zero-order valence-electron chi connectivity index (χ0n) is 24.3. The quantitative estimate of drug-likeness (QED) is 0.0428. The van der Waals surface area contributed by atoms with E-state index >= 15 is 0 Å². The number of hydrogen-bond acceptors (Lipinski definition) is 11. The van der Waals surface area contributed by atoms with Gasteiger partial charge in [-0.15, -0.1) is 0 Å². The van der Waals surface area contributed by atoms with E-state index in [2.05, 4.69) is 52.4 Å². The molecule has 0 bridgehead atoms. The molecule has 0 aromatic rings. The highest BCUT2D eigenvalue weighted by atomic mass is 31.2. The van der Waals surface area contributed by atoms with Crippen molar-refractivity contribution < 1.29 is 58.7 Å². The Morgan fingerprint density at radius 3 is 1.74 bits per heavy atom. The molecule has 6 atom stereocenters. The summed E-state index contributed by atoms with van der Waals surface area (Å²) >= 11 is 0. The fourth-order valence-corrected chi connectivity index (χ4v) is 4.90. The van der Waals surface area contributed by atoms with Crippen molar-refractivity contribution in [3.05, 3.63) is 48.6 Å². The number of ether oxygens (including phenoxy) is 1. The van der Waals surface area contributed by atoms with Crippen LogP contribution in [0.15, 0.2) is 48.6 Å². The molecule has 0 amide bonds. The maximum absolute atomic E-state index is 12.1. The second-order valence-corrected chi connectivity index (χ2v) is 11.5. The van der Waals surface area contributed by atoms with Crippen LogP contribution in [-0.2, 0) is 23.1 Å². The van der Waals surface area contributed by atoms with Crippen LogP contribution in [0.1, 0.15) is 71.1 Å². The summed E-state index contributed by atoms with van der Waals surface area (Å²) in [6.45, 7) is 0.894. The molecule has 0 heterocycles. The van der Waals surface area contributed by atoms with Gasteiger partial charge in [-0.05, 0) is 44.9 Å². The van der Waals surface area contributed by atoms with Gasteiger partial charge in [0.25, 0.3) is 0 Å². The van der Waals surface area contributed by atoms with E-state index in [0.29, 0.717) is 12.8 Å². The number of phosphoric ester groups is 1. The second-order valence-electron chi connectivity index (χ2n) is 10.1. The summed E-state index contributed by atoms with van der Waals surface area (Å²) in [6, 6.07) is 0. The molecule has 42 heavy (non-hydrogen) atoms. The molecule has 0 aromatic carbocycles. The number of carbonyl (C=O) groups is 1. The van der Waals surface area contributed by atoms with Gasteiger partial charge in [0.1, 0.15) is 49.3 Å². The topological polar surface area (TPSA) is 203 Å². The Kier molecular flexibility index (Phi) is 20.0. The lowest BCUT2D eigenvalue weighted by Crippen LogP contribution is -2.64. The molecule has 12 nitrogen and oxygen atoms in total. The smallest absolute Gasteiger partial charge is 0.463 e. The van der Waals surface area contributed by atoms with Crippen molar-refractivity contribution in [2.24, 2.45) is 0 Å². The Hall–Kier alpha value is -1.70. The lowest BCUT2D eigenvalue weighted by molar-refractivity contribution is -0.220. The molecule has 1 aliphatic carbocycles. The van der Waals surface area contributed by atoms with Gasteiger partial charge in [-0.2, -0.15) is 0 Å². The van der Waals surface area contributed by atoms with Crippen molar-refractivity contribution in [1.82, 2.24) is 0 Å². The van der Waals surface area contributed by atoms with Gasteiger partial charge in [-0.1, -0.05) is 68.4 Å². The maximum Gasteiger partial charge on any atom is 0.472 e. The third-order valence-corrected chi connectivity index (χ3v) is 7.39. The lowest BCUT2D eigenvalue weighted by Gasteiger charge is -2.41. The van der Waals surface area contributed by atoms with Crippen LogP contribution in [0.5, 0.6) is 0 Å². The van der Waals surface area contributed by atoms with Gasteiger partial charge in [0, 0.05) is 6.42 Å². The number of rotatable bonds is 21. The average molecular weight is 621 g/mol. The van der Waals surface area contributed by atoms with Crippen molar-refractivity contribution >= 4 is 13.8 Å². The first-order valence-electron chi connectivity index (χ1n) is 14.5. The molecule has 6 unspecified atom stereocenters. The molecule has 0 radical (unpaired) electrons. The molecule has 1 saturated carbocycles. The first kappa shape index (κ1) is 38.3. The molecule has 0 aliphatic heterocycles. The number of unbranched alkanes of at least 4 members (excludes halogenated alkanes) is 4. The van der Waals surface area contributed by atoms with E-state index in [4.69, 9.17) is 4.74 Å². The van der Waals surface area contributed by atoms with Crippen LogP contribution in [-0.4, -0.2) is 97.4 Å². The van der Waals surface area contributed by atoms with Gasteiger partial charge < -0.3 is 40.3 Å². The normalized spacial score (nSPS) is 27.3. The zero-order chi connectivity index (χ0) is 31.4. The highest BCUT2D eigenvalue weighted by Gasteiger charge is 2.51. The first-order chi connectivity index (χ1) is 20.0. The summed E-state index contributed by atoms with van der Waals surface area (Å²) in [7, 11) is -5.00. The molecular formula is C29H49O12P. The van der Waals surface area contributed by atoms with Crippen LogP contribution >= 0.6 is 7.82 Å². The van der Waals surface area contributed by atoms with Crippen molar-refractivity contribution in [3.8, 4) is 0 Å². The Morgan fingerprint density at radius 2 is 1.21 bits per heavy atom. The molecule has 0 aromatic heterocycles. The van der Waals surface area contributed by atoms with E-state index in [0.717, 1.165) is 25.7 Å². The SMILES string of the molecule is CCCCCC=CCC=CCC=CCC=CCCCC(=O)OCC(O)COP(=O)(O)OC1C(O)C(O)C(O)C(O)C1O. The fraction of sp³-hybridized carbons (Fsp3) is 0.690. The number of esters is 1. The van der Waals surface area contributed by atoms with E-state index in [1.54, 1.807) is 0 Å². The molecule has 1 fully saturated rings. The summed E-state index contributed by atoms with van der Waals surface area (Å²) in [5.74, 6) is -0.566. The molecule has 13 heteroatoms. The van der Waals surface area contributed by atoms with Gasteiger partial charge in [0.15, 0.2) is 0 Å². The Morgan fingerprint density at radius 1 is 0.738 bits per heavy atom. The summed E-state index contributed by atoms with van der Waals surface area (Å²) in [4.78, 5) is 21.7. The van der Waals surface area contributed by atoms with Crippen LogP contribution < -0.4 is 0 Å². The van der Waals surface area contributed by atoms with Crippen molar-refractivity contribution in [3.63, 3.8) is 0 Å². The van der Waals surface area contributed by atoms with Crippen molar-refractivity contribution in [1.29, 1.82) is 0 Å². The van der Waals surface area contributed by atoms with Crippen LogP contribution in [0.2, 0.25) is 0 Å². The summed E-state index contributed by atoms with van der Waals surface area (Å²) in [6.07, 6.45) is 12.5. The average Bonchev–Trinajstić information content (AvgIpc) is 2.96. The van der Waals surface area contributed by atoms with Gasteiger partial charge in [-0.25, -0.2) is 4.57 Å². The van der Waals surface area contributed by atoms with Crippen molar-refractivity contribution in [2.45, 2.75) is 114 Å². The largest absolute Gasteiger partial charge is 0.472 e. The minimum absolute atomic E-state index is 0.112. The number of carbonyl (C=O) groups excluding carboxylic acids is 1. The Bertz CT molecular complexity index is 889. The molecule has 1 rings (SSSR count). The van der Waals surface area contributed by atoms with Gasteiger partial charge in [0.2, 0.25) is 0 Å².